The number of ether oxygens (including phenoxy) is 2. The summed E-state index contributed by atoms with van der Waals surface area (Å²) in [6.45, 7) is 11.9. The largest absolute Gasteiger partial charge is 0.493 e. The van der Waals surface area contributed by atoms with Gasteiger partial charge < -0.3 is 25.6 Å². The highest BCUT2D eigenvalue weighted by molar-refractivity contribution is 5.85. The molecule has 35 heavy (non-hydrogen) atoms. The first kappa shape index (κ1) is 33.5. The van der Waals surface area contributed by atoms with Crippen LogP contribution in [-0.2, 0) is 11.2 Å². The van der Waals surface area contributed by atoms with Crippen LogP contribution in [0, 0.1) is 17.8 Å². The molecule has 0 fully saturated rings. The van der Waals surface area contributed by atoms with Crippen LogP contribution in [0.15, 0.2) is 18.2 Å². The normalized spacial score (nSPS) is 14.5. The number of carbonyl (C=O) groups excluding carboxylic acids is 1. The number of amides is 1. The number of halogens is 1. The van der Waals surface area contributed by atoms with E-state index in [0.29, 0.717) is 37.8 Å². The Bertz CT molecular complexity index is 702. The highest BCUT2D eigenvalue weighted by Crippen LogP contribution is 2.31. The quantitative estimate of drug-likeness (QED) is 0.224. The second kappa shape index (κ2) is 18.7. The van der Waals surface area contributed by atoms with Crippen molar-refractivity contribution >= 4 is 18.3 Å². The van der Waals surface area contributed by atoms with Gasteiger partial charge >= 0.3 is 0 Å². The second-order valence-corrected chi connectivity index (χ2v) is 10.00. The first-order valence-electron chi connectivity index (χ1n) is 13.2. The molecule has 0 unspecified atom stereocenters. The summed E-state index contributed by atoms with van der Waals surface area (Å²) in [5, 5.41) is 13.7. The maximum absolute atomic E-state index is 12.3. The minimum atomic E-state index is -0.707. The zero-order valence-corrected chi connectivity index (χ0v) is 23.7. The Morgan fingerprint density at radius 2 is 1.74 bits per heavy atom. The monoisotopic (exact) mass is 514 g/mol. The molecule has 1 amide bonds. The molecule has 4 atom stereocenters. The number of benzene rings is 1. The molecule has 1 aromatic rings. The number of nitrogens with one attached hydrogen (secondary N) is 1. The van der Waals surface area contributed by atoms with E-state index in [9.17, 15) is 9.90 Å². The van der Waals surface area contributed by atoms with E-state index < -0.39 is 6.10 Å². The van der Waals surface area contributed by atoms with E-state index in [-0.39, 0.29) is 30.3 Å². The van der Waals surface area contributed by atoms with Crippen molar-refractivity contribution in [2.24, 2.45) is 23.5 Å². The SMILES string of the molecule is CCCCCOc1cc(C[C@@H](C[C@H](N)[C@@H](O)C[C@@H](C)C(=O)NCCCC)C(C)C)ccc1OC.Cl. The zero-order valence-electron chi connectivity index (χ0n) is 22.8. The summed E-state index contributed by atoms with van der Waals surface area (Å²) in [5.41, 5.74) is 7.60. The van der Waals surface area contributed by atoms with E-state index in [4.69, 9.17) is 15.2 Å². The van der Waals surface area contributed by atoms with Gasteiger partial charge in [0.2, 0.25) is 5.91 Å². The summed E-state index contributed by atoms with van der Waals surface area (Å²) in [5.74, 6) is 1.98. The van der Waals surface area contributed by atoms with Crippen molar-refractivity contribution in [2.75, 3.05) is 20.3 Å². The Morgan fingerprint density at radius 3 is 2.34 bits per heavy atom. The Hall–Kier alpha value is -1.50. The van der Waals surface area contributed by atoms with Gasteiger partial charge in [-0.1, -0.05) is 59.9 Å². The Morgan fingerprint density at radius 1 is 1.06 bits per heavy atom. The van der Waals surface area contributed by atoms with Crippen molar-refractivity contribution in [1.29, 1.82) is 0 Å². The highest BCUT2D eigenvalue weighted by Gasteiger charge is 2.26. The van der Waals surface area contributed by atoms with Gasteiger partial charge in [0.05, 0.1) is 19.8 Å². The fourth-order valence-electron chi connectivity index (χ4n) is 4.10. The van der Waals surface area contributed by atoms with E-state index in [0.717, 1.165) is 50.0 Å². The molecule has 1 aromatic carbocycles. The van der Waals surface area contributed by atoms with Gasteiger partial charge in [-0.15, -0.1) is 12.4 Å². The summed E-state index contributed by atoms with van der Waals surface area (Å²) in [4.78, 5) is 12.3. The molecule has 0 aliphatic heterocycles. The number of aliphatic hydroxyl groups excluding tert-OH is 1. The third kappa shape index (κ3) is 12.9. The number of unbranched alkanes of at least 4 members (excludes halogenated alkanes) is 3. The third-order valence-corrected chi connectivity index (χ3v) is 6.62. The average molecular weight is 515 g/mol. The topological polar surface area (TPSA) is 93.8 Å². The van der Waals surface area contributed by atoms with Crippen molar-refractivity contribution in [3.63, 3.8) is 0 Å². The van der Waals surface area contributed by atoms with Gasteiger partial charge in [-0.05, 0) is 61.6 Å². The molecule has 6 nitrogen and oxygen atoms in total. The first-order valence-corrected chi connectivity index (χ1v) is 13.2. The van der Waals surface area contributed by atoms with Gasteiger partial charge in [-0.2, -0.15) is 0 Å². The first-order chi connectivity index (χ1) is 16.2. The summed E-state index contributed by atoms with van der Waals surface area (Å²) < 4.78 is 11.5. The smallest absolute Gasteiger partial charge is 0.222 e. The fraction of sp³-hybridized carbons (Fsp3) is 0.750. The number of aliphatic hydroxyl groups is 1. The summed E-state index contributed by atoms with van der Waals surface area (Å²) in [6, 6.07) is 5.75. The molecule has 0 heterocycles. The predicted molar refractivity (Wildman–Crippen MR) is 148 cm³/mol. The van der Waals surface area contributed by atoms with Crippen LogP contribution >= 0.6 is 12.4 Å². The lowest BCUT2D eigenvalue weighted by molar-refractivity contribution is -0.125. The minimum Gasteiger partial charge on any atom is -0.493 e. The van der Waals surface area contributed by atoms with Crippen LogP contribution in [0.25, 0.3) is 0 Å². The molecule has 0 bridgehead atoms. The maximum atomic E-state index is 12.3. The van der Waals surface area contributed by atoms with Gasteiger partial charge in [-0.3, -0.25) is 4.79 Å². The van der Waals surface area contributed by atoms with Crippen molar-refractivity contribution in [3.05, 3.63) is 23.8 Å². The second-order valence-electron chi connectivity index (χ2n) is 10.00. The molecule has 0 aliphatic carbocycles. The highest BCUT2D eigenvalue weighted by atomic mass is 35.5. The summed E-state index contributed by atoms with van der Waals surface area (Å²) in [7, 11) is 1.66. The Kier molecular flexibility index (Phi) is 17.9. The number of nitrogens with two attached hydrogens (primary N) is 1. The third-order valence-electron chi connectivity index (χ3n) is 6.62. The van der Waals surface area contributed by atoms with Gasteiger partial charge in [0.15, 0.2) is 11.5 Å². The van der Waals surface area contributed by atoms with E-state index in [1.165, 1.54) is 5.56 Å². The molecule has 0 saturated carbocycles. The Balaban J connectivity index is 0.0000116. The van der Waals surface area contributed by atoms with E-state index in [2.05, 4.69) is 45.1 Å². The van der Waals surface area contributed by atoms with Crippen LogP contribution in [0.3, 0.4) is 0 Å². The van der Waals surface area contributed by atoms with E-state index in [1.807, 2.05) is 13.0 Å². The van der Waals surface area contributed by atoms with Gasteiger partial charge in [-0.25, -0.2) is 0 Å². The molecule has 0 saturated heterocycles. The summed E-state index contributed by atoms with van der Waals surface area (Å²) >= 11 is 0. The molecule has 0 aliphatic rings. The zero-order chi connectivity index (χ0) is 25.5. The van der Waals surface area contributed by atoms with Crippen LogP contribution in [0.4, 0.5) is 0 Å². The number of hydrogen-bond donors (Lipinski definition) is 3. The molecule has 0 radical (unpaired) electrons. The number of methoxy groups -OCH3 is 1. The number of carbonyl (C=O) groups is 1. The Labute approximate surface area is 220 Å². The lowest BCUT2D eigenvalue weighted by Gasteiger charge is -2.28. The van der Waals surface area contributed by atoms with Crippen molar-refractivity contribution in [2.45, 2.75) is 98.1 Å². The predicted octanol–water partition coefficient (Wildman–Crippen LogP) is 5.52. The van der Waals surface area contributed by atoms with Crippen molar-refractivity contribution < 1.29 is 19.4 Å². The molecular weight excluding hydrogens is 464 g/mol. The number of rotatable bonds is 18. The van der Waals surface area contributed by atoms with Gasteiger partial charge in [0.25, 0.3) is 0 Å². The van der Waals surface area contributed by atoms with Crippen LogP contribution in [0.1, 0.15) is 85.1 Å². The molecule has 204 valence electrons. The molecule has 0 spiro atoms. The average Bonchev–Trinajstić information content (AvgIpc) is 2.81. The van der Waals surface area contributed by atoms with Crippen LogP contribution in [0.2, 0.25) is 0 Å². The standard InChI is InChI=1S/C28H50N2O4.ClH/c1-7-9-11-15-34-27-18-22(12-13-26(27)33-6)17-23(20(3)4)19-24(29)25(31)16-21(5)28(32)30-14-10-8-2;/h12-13,18,20-21,23-25,31H,7-11,14-17,19,29H2,1-6H3,(H,30,32);1H/t21-,23+,24+,25+;/m1./s1. The molecule has 4 N–H and O–H groups in total. The van der Waals surface area contributed by atoms with Crippen LogP contribution in [0.5, 0.6) is 11.5 Å². The van der Waals surface area contributed by atoms with Crippen LogP contribution < -0.4 is 20.5 Å². The van der Waals surface area contributed by atoms with Gasteiger partial charge in [0.1, 0.15) is 0 Å². The fourth-order valence-corrected chi connectivity index (χ4v) is 4.10. The molecule has 0 aromatic heterocycles. The summed E-state index contributed by atoms with van der Waals surface area (Å²) in [6.07, 6.45) is 6.56. The van der Waals surface area contributed by atoms with Crippen molar-refractivity contribution in [1.82, 2.24) is 5.32 Å². The minimum absolute atomic E-state index is 0. The van der Waals surface area contributed by atoms with Crippen LogP contribution in [-0.4, -0.2) is 43.4 Å². The van der Waals surface area contributed by atoms with E-state index in [1.54, 1.807) is 7.11 Å². The number of hydrogen-bond acceptors (Lipinski definition) is 5. The maximum Gasteiger partial charge on any atom is 0.222 e. The molecular formula is C28H51ClN2O4. The van der Waals surface area contributed by atoms with Gasteiger partial charge in [0, 0.05) is 18.5 Å². The lowest BCUT2D eigenvalue weighted by atomic mass is 9.82. The lowest BCUT2D eigenvalue weighted by Crippen LogP contribution is -2.41. The van der Waals surface area contributed by atoms with Crippen molar-refractivity contribution in [3.8, 4) is 11.5 Å². The van der Waals surface area contributed by atoms with E-state index >= 15 is 0 Å². The molecule has 1 rings (SSSR count). The molecule has 7 heteroatoms.